The van der Waals surface area contributed by atoms with Gasteiger partial charge in [-0.2, -0.15) is 0 Å². The van der Waals surface area contributed by atoms with Gasteiger partial charge >= 0.3 is 0 Å². The van der Waals surface area contributed by atoms with E-state index in [0.717, 1.165) is 19.6 Å². The minimum atomic E-state index is 0.389. The lowest BCUT2D eigenvalue weighted by atomic mass is 10.1. The average Bonchev–Trinajstić information content (AvgIpc) is 2.56. The predicted molar refractivity (Wildman–Crippen MR) is 71.7 cm³/mol. The van der Waals surface area contributed by atoms with Crippen LogP contribution in [0.4, 0.5) is 0 Å². The highest BCUT2D eigenvalue weighted by molar-refractivity contribution is 5.17. The summed E-state index contributed by atoms with van der Waals surface area (Å²) in [6.45, 7) is 6.82. The van der Waals surface area contributed by atoms with E-state index < -0.39 is 0 Å². The molecule has 3 nitrogen and oxygen atoms in total. The van der Waals surface area contributed by atoms with E-state index in [4.69, 9.17) is 0 Å². The van der Waals surface area contributed by atoms with Crippen LogP contribution in [0.2, 0.25) is 0 Å². The molecule has 94 valence electrons. The Labute approximate surface area is 104 Å². The fourth-order valence-corrected chi connectivity index (χ4v) is 2.27. The van der Waals surface area contributed by atoms with Crippen LogP contribution in [0.1, 0.15) is 24.9 Å². The minimum absolute atomic E-state index is 0.389. The highest BCUT2D eigenvalue weighted by Gasteiger charge is 2.14. The zero-order valence-electron chi connectivity index (χ0n) is 10.9. The first-order valence-electron chi connectivity index (χ1n) is 6.50. The molecule has 1 aromatic rings. The number of hydrazine groups is 1. The van der Waals surface area contributed by atoms with Crippen LogP contribution in [0.3, 0.4) is 0 Å². The number of nitrogens with zero attached hydrogens (tertiary/aromatic N) is 2. The molecule has 0 bridgehead atoms. The Kier molecular flexibility index (Phi) is 4.54. The molecule has 17 heavy (non-hydrogen) atoms. The highest BCUT2D eigenvalue weighted by atomic mass is 15.5. The van der Waals surface area contributed by atoms with Crippen molar-refractivity contribution >= 4 is 0 Å². The summed E-state index contributed by atoms with van der Waals surface area (Å²) < 4.78 is 0. The molecular weight excluding hydrogens is 210 g/mol. The summed E-state index contributed by atoms with van der Waals surface area (Å²) in [6.07, 6.45) is 1.24. The van der Waals surface area contributed by atoms with Crippen molar-refractivity contribution in [2.24, 2.45) is 0 Å². The van der Waals surface area contributed by atoms with Crippen LogP contribution in [0.25, 0.3) is 0 Å². The molecule has 0 saturated carbocycles. The van der Waals surface area contributed by atoms with Gasteiger partial charge in [0, 0.05) is 25.7 Å². The van der Waals surface area contributed by atoms with E-state index in [0.29, 0.717) is 6.04 Å². The zero-order chi connectivity index (χ0) is 12.1. The van der Waals surface area contributed by atoms with E-state index in [1.54, 1.807) is 0 Å². The summed E-state index contributed by atoms with van der Waals surface area (Å²) in [5.41, 5.74) is 4.95. The third kappa shape index (κ3) is 3.80. The van der Waals surface area contributed by atoms with Crippen molar-refractivity contribution in [3.05, 3.63) is 35.9 Å². The van der Waals surface area contributed by atoms with Gasteiger partial charge in [0.25, 0.3) is 0 Å². The molecular formula is C14H23N3. The number of nitrogens with one attached hydrogen (secondary N) is 1. The van der Waals surface area contributed by atoms with E-state index in [-0.39, 0.29) is 0 Å². The average molecular weight is 233 g/mol. The second-order valence-corrected chi connectivity index (χ2v) is 4.91. The van der Waals surface area contributed by atoms with E-state index in [1.165, 1.54) is 18.5 Å². The van der Waals surface area contributed by atoms with Crippen LogP contribution in [0.15, 0.2) is 30.3 Å². The van der Waals surface area contributed by atoms with Crippen LogP contribution in [-0.4, -0.2) is 43.1 Å². The van der Waals surface area contributed by atoms with E-state index in [1.807, 2.05) is 0 Å². The largest absolute Gasteiger partial charge is 0.305 e. The third-order valence-electron chi connectivity index (χ3n) is 3.40. The molecule has 1 aromatic carbocycles. The molecule has 3 heteroatoms. The van der Waals surface area contributed by atoms with Crippen LogP contribution < -0.4 is 5.43 Å². The number of hydrogen-bond acceptors (Lipinski definition) is 3. The molecule has 1 heterocycles. The number of benzene rings is 1. The first-order valence-corrected chi connectivity index (χ1v) is 6.50. The number of likely N-dealkylation sites (N-methyl/N-ethyl adjacent to an activating group) is 1. The SMILES string of the molecule is CC(NN1CCCN(C)CC1)c1ccccc1. The van der Waals surface area contributed by atoms with Gasteiger partial charge in [0.2, 0.25) is 0 Å². The van der Waals surface area contributed by atoms with E-state index in [9.17, 15) is 0 Å². The molecule has 1 unspecified atom stereocenters. The third-order valence-corrected chi connectivity index (χ3v) is 3.40. The highest BCUT2D eigenvalue weighted by Crippen LogP contribution is 2.12. The molecule has 0 spiro atoms. The molecule has 0 aliphatic carbocycles. The molecule has 0 radical (unpaired) electrons. The summed E-state index contributed by atoms with van der Waals surface area (Å²) in [5, 5.41) is 2.36. The Morgan fingerprint density at radius 3 is 2.59 bits per heavy atom. The standard InChI is InChI=1S/C14H23N3/c1-13(14-7-4-3-5-8-14)15-17-10-6-9-16(2)11-12-17/h3-5,7-8,13,15H,6,9-12H2,1-2H3. The van der Waals surface area contributed by atoms with Crippen molar-refractivity contribution in [1.29, 1.82) is 0 Å². The van der Waals surface area contributed by atoms with Gasteiger partial charge in [-0.3, -0.25) is 0 Å². The van der Waals surface area contributed by atoms with Gasteiger partial charge in [-0.05, 0) is 32.5 Å². The monoisotopic (exact) mass is 233 g/mol. The zero-order valence-corrected chi connectivity index (χ0v) is 10.9. The maximum Gasteiger partial charge on any atom is 0.0436 e. The summed E-state index contributed by atoms with van der Waals surface area (Å²) >= 11 is 0. The predicted octanol–water partition coefficient (Wildman–Crippen LogP) is 1.89. The normalized spacial score (nSPS) is 21.1. The van der Waals surface area contributed by atoms with Crippen molar-refractivity contribution in [2.45, 2.75) is 19.4 Å². The van der Waals surface area contributed by atoms with Crippen molar-refractivity contribution in [2.75, 3.05) is 33.2 Å². The summed E-state index contributed by atoms with van der Waals surface area (Å²) in [4.78, 5) is 2.40. The molecule has 1 N–H and O–H groups in total. The van der Waals surface area contributed by atoms with Crippen molar-refractivity contribution in [1.82, 2.24) is 15.3 Å². The minimum Gasteiger partial charge on any atom is -0.305 e. The van der Waals surface area contributed by atoms with Crippen LogP contribution in [0, 0.1) is 0 Å². The Bertz CT molecular complexity index is 325. The molecule has 1 aliphatic heterocycles. The maximum absolute atomic E-state index is 3.60. The topological polar surface area (TPSA) is 18.5 Å². The molecule has 1 saturated heterocycles. The molecule has 1 atom stereocenters. The van der Waals surface area contributed by atoms with Gasteiger partial charge in [-0.25, -0.2) is 10.4 Å². The summed E-state index contributed by atoms with van der Waals surface area (Å²) in [7, 11) is 2.20. The smallest absolute Gasteiger partial charge is 0.0436 e. The molecule has 1 fully saturated rings. The fourth-order valence-electron chi connectivity index (χ4n) is 2.27. The lowest BCUT2D eigenvalue weighted by Crippen LogP contribution is -2.41. The van der Waals surface area contributed by atoms with Crippen molar-refractivity contribution in [3.63, 3.8) is 0 Å². The molecule has 2 rings (SSSR count). The van der Waals surface area contributed by atoms with E-state index >= 15 is 0 Å². The van der Waals surface area contributed by atoms with Crippen molar-refractivity contribution < 1.29 is 0 Å². The van der Waals surface area contributed by atoms with Gasteiger partial charge in [0.05, 0.1) is 0 Å². The first kappa shape index (κ1) is 12.6. The van der Waals surface area contributed by atoms with Crippen LogP contribution in [0.5, 0.6) is 0 Å². The van der Waals surface area contributed by atoms with Crippen molar-refractivity contribution in [3.8, 4) is 0 Å². The van der Waals surface area contributed by atoms with E-state index in [2.05, 4.69) is 59.6 Å². The maximum atomic E-state index is 3.60. The van der Waals surface area contributed by atoms with Gasteiger partial charge in [0.1, 0.15) is 0 Å². The van der Waals surface area contributed by atoms with Gasteiger partial charge in [-0.1, -0.05) is 30.3 Å². The van der Waals surface area contributed by atoms with Gasteiger partial charge in [-0.15, -0.1) is 0 Å². The quantitative estimate of drug-likeness (QED) is 0.860. The number of rotatable bonds is 3. The van der Waals surface area contributed by atoms with Gasteiger partial charge < -0.3 is 4.90 Å². The first-order chi connectivity index (χ1) is 8.25. The number of hydrogen-bond donors (Lipinski definition) is 1. The Balaban J connectivity index is 1.88. The molecule has 0 aromatic heterocycles. The van der Waals surface area contributed by atoms with Crippen LogP contribution >= 0.6 is 0 Å². The lowest BCUT2D eigenvalue weighted by Gasteiger charge is -2.26. The fraction of sp³-hybridized carbons (Fsp3) is 0.571. The summed E-state index contributed by atoms with van der Waals surface area (Å²) in [5.74, 6) is 0. The van der Waals surface area contributed by atoms with Gasteiger partial charge in [0.15, 0.2) is 0 Å². The second-order valence-electron chi connectivity index (χ2n) is 4.91. The molecule has 0 amide bonds. The Hall–Kier alpha value is -0.900. The lowest BCUT2D eigenvalue weighted by molar-refractivity contribution is 0.168. The molecule has 1 aliphatic rings. The Morgan fingerprint density at radius 1 is 1.06 bits per heavy atom. The summed E-state index contributed by atoms with van der Waals surface area (Å²) in [6, 6.07) is 11.0. The van der Waals surface area contributed by atoms with Crippen LogP contribution in [-0.2, 0) is 0 Å². The Morgan fingerprint density at radius 2 is 1.82 bits per heavy atom. The second kappa shape index (κ2) is 6.15.